The second-order valence-electron chi connectivity index (χ2n) is 5.81. The minimum absolute atomic E-state index is 0.0959. The summed E-state index contributed by atoms with van der Waals surface area (Å²) in [6, 6.07) is 11.7. The summed E-state index contributed by atoms with van der Waals surface area (Å²) in [4.78, 5) is 11.1. The van der Waals surface area contributed by atoms with Crippen LogP contribution in [-0.4, -0.2) is 29.5 Å². The lowest BCUT2D eigenvalue weighted by Crippen LogP contribution is -2.21. The number of nitrogens with one attached hydrogen (secondary N) is 1. The summed E-state index contributed by atoms with van der Waals surface area (Å²) in [6.45, 7) is 3.10. The largest absolute Gasteiger partial charge is 0.490 e. The van der Waals surface area contributed by atoms with Crippen molar-refractivity contribution >= 4 is 17.7 Å². The molecule has 26 heavy (non-hydrogen) atoms. The van der Waals surface area contributed by atoms with Gasteiger partial charge in [-0.15, -0.1) is 11.8 Å². The van der Waals surface area contributed by atoms with Gasteiger partial charge >= 0.3 is 5.97 Å². The van der Waals surface area contributed by atoms with Crippen molar-refractivity contribution < 1.29 is 23.8 Å². The van der Waals surface area contributed by atoms with Gasteiger partial charge in [-0.3, -0.25) is 10.1 Å². The van der Waals surface area contributed by atoms with Crippen LogP contribution >= 0.6 is 11.8 Å². The second-order valence-corrected chi connectivity index (χ2v) is 7.12. The number of thioether (sulfide) groups is 1. The molecule has 1 saturated heterocycles. The molecule has 0 spiro atoms. The Morgan fingerprint density at radius 1 is 1.23 bits per heavy atom. The van der Waals surface area contributed by atoms with Crippen molar-refractivity contribution in [3.05, 3.63) is 59.4 Å². The summed E-state index contributed by atoms with van der Waals surface area (Å²) in [5.41, 5.74) is 1.80. The van der Waals surface area contributed by atoms with Crippen molar-refractivity contribution in [1.29, 1.82) is 0 Å². The molecule has 2 atom stereocenters. The van der Waals surface area contributed by atoms with Crippen LogP contribution in [0.25, 0.3) is 0 Å². The minimum atomic E-state index is -0.811. The maximum Gasteiger partial charge on any atom is 0.318 e. The van der Waals surface area contributed by atoms with Crippen molar-refractivity contribution in [3.8, 4) is 11.5 Å². The summed E-state index contributed by atoms with van der Waals surface area (Å²) >= 11 is 1.37. The van der Waals surface area contributed by atoms with E-state index in [1.807, 2.05) is 25.1 Å². The number of benzene rings is 2. The van der Waals surface area contributed by atoms with Crippen LogP contribution in [0.15, 0.2) is 42.5 Å². The van der Waals surface area contributed by atoms with Crippen molar-refractivity contribution in [1.82, 2.24) is 5.32 Å². The number of carboxylic acids is 1. The molecular weight excluding hydrogens is 357 g/mol. The van der Waals surface area contributed by atoms with Crippen LogP contribution in [0.1, 0.15) is 23.4 Å². The van der Waals surface area contributed by atoms with E-state index in [1.165, 1.54) is 23.9 Å². The first-order chi connectivity index (χ1) is 12.6. The Bertz CT molecular complexity index is 769. The number of hydrogen-bond donors (Lipinski definition) is 2. The Kier molecular flexibility index (Phi) is 6.00. The molecule has 0 amide bonds. The summed E-state index contributed by atoms with van der Waals surface area (Å²) < 4.78 is 24.5. The van der Waals surface area contributed by atoms with Crippen LogP contribution in [0, 0.1) is 5.82 Å². The molecule has 138 valence electrons. The Morgan fingerprint density at radius 2 is 2.00 bits per heavy atom. The summed E-state index contributed by atoms with van der Waals surface area (Å²) in [5, 5.41) is 11.8. The topological polar surface area (TPSA) is 67.8 Å². The molecule has 5 nitrogen and oxygen atoms in total. The molecule has 0 saturated carbocycles. The molecule has 1 fully saturated rings. The van der Waals surface area contributed by atoms with Crippen LogP contribution < -0.4 is 14.8 Å². The van der Waals surface area contributed by atoms with Gasteiger partial charge in [0.1, 0.15) is 17.7 Å². The fourth-order valence-corrected chi connectivity index (χ4v) is 3.77. The van der Waals surface area contributed by atoms with E-state index in [0.29, 0.717) is 31.3 Å². The zero-order chi connectivity index (χ0) is 18.5. The third-order valence-corrected chi connectivity index (χ3v) is 5.35. The summed E-state index contributed by atoms with van der Waals surface area (Å²) in [7, 11) is 0. The molecule has 1 aliphatic rings. The van der Waals surface area contributed by atoms with Gasteiger partial charge in [0, 0.05) is 6.54 Å². The lowest BCUT2D eigenvalue weighted by Gasteiger charge is -2.16. The fraction of sp³-hybridized carbons (Fsp3) is 0.316. The van der Waals surface area contributed by atoms with Crippen molar-refractivity contribution in [2.24, 2.45) is 0 Å². The molecule has 2 aromatic rings. The molecule has 0 radical (unpaired) electrons. The molecule has 0 bridgehead atoms. The highest BCUT2D eigenvalue weighted by molar-refractivity contribution is 8.01. The third-order valence-electron chi connectivity index (χ3n) is 3.94. The average Bonchev–Trinajstić information content (AvgIpc) is 3.13. The Morgan fingerprint density at radius 3 is 2.65 bits per heavy atom. The number of carboxylic acid groups (broad SMARTS) is 1. The fourth-order valence-electron chi connectivity index (χ4n) is 2.63. The van der Waals surface area contributed by atoms with E-state index in [4.69, 9.17) is 14.6 Å². The number of ether oxygens (including phenoxy) is 2. The van der Waals surface area contributed by atoms with E-state index in [1.54, 1.807) is 12.1 Å². The number of aliphatic carboxylic acids is 1. The Hall–Kier alpha value is -2.25. The maximum atomic E-state index is 13.0. The highest BCUT2D eigenvalue weighted by Gasteiger charge is 2.31. The van der Waals surface area contributed by atoms with E-state index in [2.05, 4.69) is 5.32 Å². The minimum Gasteiger partial charge on any atom is -0.490 e. The van der Waals surface area contributed by atoms with Gasteiger partial charge in [-0.05, 0) is 42.3 Å². The number of rotatable bonds is 7. The van der Waals surface area contributed by atoms with Crippen LogP contribution in [0.5, 0.6) is 11.5 Å². The monoisotopic (exact) mass is 377 g/mol. The van der Waals surface area contributed by atoms with Crippen LogP contribution in [-0.2, 0) is 11.4 Å². The standard InChI is InChI=1S/C19H20FNO4S/c1-2-24-16-9-13(18-21-10-17(26-18)19(22)23)5-8-15(16)25-11-12-3-6-14(20)7-4-12/h3-9,17-18,21H,2,10-11H2,1H3,(H,22,23)/t17-,18-/m0/s1. The highest BCUT2D eigenvalue weighted by atomic mass is 32.2. The van der Waals surface area contributed by atoms with Crippen molar-refractivity contribution in [2.45, 2.75) is 24.2 Å². The van der Waals surface area contributed by atoms with Gasteiger partial charge in [0.25, 0.3) is 0 Å². The van der Waals surface area contributed by atoms with E-state index in [-0.39, 0.29) is 11.2 Å². The smallest absolute Gasteiger partial charge is 0.318 e. The first-order valence-electron chi connectivity index (χ1n) is 8.32. The first-order valence-corrected chi connectivity index (χ1v) is 9.26. The lowest BCUT2D eigenvalue weighted by molar-refractivity contribution is -0.136. The maximum absolute atomic E-state index is 13.0. The normalized spacial score (nSPS) is 19.3. The quantitative estimate of drug-likeness (QED) is 0.769. The van der Waals surface area contributed by atoms with E-state index < -0.39 is 11.2 Å². The number of carbonyl (C=O) groups is 1. The van der Waals surface area contributed by atoms with Crippen LogP contribution in [0.3, 0.4) is 0 Å². The van der Waals surface area contributed by atoms with E-state index in [0.717, 1.165) is 11.1 Å². The summed E-state index contributed by atoms with van der Waals surface area (Å²) in [5.74, 6) is 0.106. The highest BCUT2D eigenvalue weighted by Crippen LogP contribution is 2.39. The second kappa shape index (κ2) is 8.42. The first kappa shape index (κ1) is 18.5. The predicted molar refractivity (Wildman–Crippen MR) is 98.1 cm³/mol. The molecule has 0 unspecified atom stereocenters. The number of hydrogen-bond acceptors (Lipinski definition) is 5. The van der Waals surface area contributed by atoms with Gasteiger partial charge in [-0.25, -0.2) is 4.39 Å². The molecular formula is C19H20FNO4S. The zero-order valence-electron chi connectivity index (χ0n) is 14.3. The Balaban J connectivity index is 1.72. The van der Waals surface area contributed by atoms with Gasteiger partial charge in [-0.1, -0.05) is 18.2 Å². The summed E-state index contributed by atoms with van der Waals surface area (Å²) in [6.07, 6.45) is 0. The van der Waals surface area contributed by atoms with Crippen LogP contribution in [0.4, 0.5) is 4.39 Å². The van der Waals surface area contributed by atoms with Gasteiger partial charge < -0.3 is 14.6 Å². The predicted octanol–water partition coefficient (Wildman–Crippen LogP) is 3.59. The van der Waals surface area contributed by atoms with E-state index in [9.17, 15) is 9.18 Å². The molecule has 1 aliphatic heterocycles. The molecule has 0 aliphatic carbocycles. The van der Waals surface area contributed by atoms with E-state index >= 15 is 0 Å². The van der Waals surface area contributed by atoms with Gasteiger partial charge in [0.05, 0.1) is 12.0 Å². The molecule has 3 rings (SSSR count). The van der Waals surface area contributed by atoms with Gasteiger partial charge in [0.15, 0.2) is 11.5 Å². The van der Waals surface area contributed by atoms with Crippen molar-refractivity contribution in [2.75, 3.05) is 13.2 Å². The van der Waals surface area contributed by atoms with Crippen LogP contribution in [0.2, 0.25) is 0 Å². The SMILES string of the molecule is CCOc1cc([C@H]2NC[C@@H](C(=O)O)S2)ccc1OCc1ccc(F)cc1. The molecule has 2 aromatic carbocycles. The molecule has 2 N–H and O–H groups in total. The van der Waals surface area contributed by atoms with Gasteiger partial charge in [-0.2, -0.15) is 0 Å². The zero-order valence-corrected chi connectivity index (χ0v) is 15.1. The third kappa shape index (κ3) is 4.47. The Labute approximate surface area is 155 Å². The van der Waals surface area contributed by atoms with Gasteiger partial charge in [0.2, 0.25) is 0 Å². The lowest BCUT2D eigenvalue weighted by atomic mass is 10.2. The molecule has 1 heterocycles. The molecule has 7 heteroatoms. The number of halogens is 1. The average molecular weight is 377 g/mol. The van der Waals surface area contributed by atoms with Crippen molar-refractivity contribution in [3.63, 3.8) is 0 Å². The molecule has 0 aromatic heterocycles.